The van der Waals surface area contributed by atoms with E-state index < -0.39 is 19.8 Å². The second-order valence-electron chi connectivity index (χ2n) is 11.4. The molecule has 0 radical (unpaired) electrons. The van der Waals surface area contributed by atoms with Crippen LogP contribution in [-0.2, 0) is 16.2 Å². The summed E-state index contributed by atoms with van der Waals surface area (Å²) in [5.41, 5.74) is 0.651. The van der Waals surface area contributed by atoms with Crippen LogP contribution in [0, 0.1) is 5.82 Å². The summed E-state index contributed by atoms with van der Waals surface area (Å²) in [5, 5.41) is 0.829. The first-order chi connectivity index (χ1) is 15.3. The summed E-state index contributed by atoms with van der Waals surface area (Å²) < 4.78 is 28.4. The Bertz CT molecular complexity index is 956. The van der Waals surface area contributed by atoms with Gasteiger partial charge >= 0.3 is 6.09 Å². The van der Waals surface area contributed by atoms with Crippen LogP contribution in [0.4, 0.5) is 14.9 Å². The van der Waals surface area contributed by atoms with E-state index in [0.717, 1.165) is 42.9 Å². The number of amides is 1. The smallest absolute Gasteiger partial charge is 0.415 e. The van der Waals surface area contributed by atoms with Crippen LogP contribution >= 0.6 is 0 Å². The van der Waals surface area contributed by atoms with Gasteiger partial charge in [-0.3, -0.25) is 4.90 Å². The fourth-order valence-corrected chi connectivity index (χ4v) is 4.86. The van der Waals surface area contributed by atoms with Crippen LogP contribution in [0.5, 0.6) is 0 Å². The highest BCUT2D eigenvalue weighted by molar-refractivity contribution is 6.76. The molecular formula is C25H40FN3O3Si. The zero-order valence-electron chi connectivity index (χ0n) is 21.3. The Labute approximate surface area is 198 Å². The fraction of sp³-hybridized carbons (Fsp3) is 0.640. The van der Waals surface area contributed by atoms with E-state index in [4.69, 9.17) is 9.47 Å². The molecule has 0 aliphatic carbocycles. The molecule has 1 aliphatic rings. The van der Waals surface area contributed by atoms with Gasteiger partial charge in [-0.15, -0.1) is 0 Å². The van der Waals surface area contributed by atoms with Crippen molar-refractivity contribution in [1.29, 1.82) is 0 Å². The number of hydrogen-bond acceptors (Lipinski definition) is 4. The van der Waals surface area contributed by atoms with Crippen molar-refractivity contribution in [1.82, 2.24) is 9.47 Å². The van der Waals surface area contributed by atoms with Gasteiger partial charge in [0.25, 0.3) is 0 Å². The van der Waals surface area contributed by atoms with Gasteiger partial charge in [0.1, 0.15) is 18.1 Å². The van der Waals surface area contributed by atoms with E-state index in [9.17, 15) is 9.18 Å². The quantitative estimate of drug-likeness (QED) is 0.366. The van der Waals surface area contributed by atoms with Gasteiger partial charge in [-0.25, -0.2) is 9.18 Å². The van der Waals surface area contributed by atoms with E-state index in [2.05, 4.69) is 31.6 Å². The van der Waals surface area contributed by atoms with Crippen LogP contribution in [0.1, 0.15) is 33.6 Å². The third kappa shape index (κ3) is 7.04. The molecule has 0 bridgehead atoms. The molecule has 2 aromatic rings. The highest BCUT2D eigenvalue weighted by atomic mass is 28.3. The first-order valence-corrected chi connectivity index (χ1v) is 15.6. The third-order valence-corrected chi connectivity index (χ3v) is 7.67. The molecule has 1 aliphatic heterocycles. The van der Waals surface area contributed by atoms with E-state index in [1.165, 1.54) is 12.1 Å². The second-order valence-corrected chi connectivity index (χ2v) is 17.0. The molecule has 33 heavy (non-hydrogen) atoms. The van der Waals surface area contributed by atoms with E-state index in [-0.39, 0.29) is 11.9 Å². The molecule has 0 N–H and O–H groups in total. The van der Waals surface area contributed by atoms with E-state index in [1.807, 2.05) is 37.6 Å². The molecule has 0 atom stereocenters. The molecule has 2 heterocycles. The zero-order chi connectivity index (χ0) is 24.4. The summed E-state index contributed by atoms with van der Waals surface area (Å²) in [6, 6.07) is 5.95. The van der Waals surface area contributed by atoms with E-state index in [0.29, 0.717) is 19.0 Å². The maximum absolute atomic E-state index is 14.9. The molecule has 184 valence electrons. The minimum Gasteiger partial charge on any atom is -0.443 e. The molecule has 1 fully saturated rings. The van der Waals surface area contributed by atoms with E-state index >= 15 is 0 Å². The number of nitrogens with zero attached hydrogens (tertiary/aromatic N) is 3. The number of anilines is 1. The zero-order valence-corrected chi connectivity index (χ0v) is 22.3. The average Bonchev–Trinajstić information content (AvgIpc) is 3.07. The molecular weight excluding hydrogens is 437 g/mol. The van der Waals surface area contributed by atoms with Crippen LogP contribution in [0.25, 0.3) is 10.9 Å². The lowest BCUT2D eigenvalue weighted by Gasteiger charge is -2.38. The predicted molar refractivity (Wildman–Crippen MR) is 135 cm³/mol. The Kier molecular flexibility index (Phi) is 7.91. The van der Waals surface area contributed by atoms with Gasteiger partial charge < -0.3 is 18.9 Å². The van der Waals surface area contributed by atoms with Gasteiger partial charge in [-0.1, -0.05) is 19.6 Å². The summed E-state index contributed by atoms with van der Waals surface area (Å²) in [4.78, 5) is 17.3. The minimum atomic E-state index is -1.18. The summed E-state index contributed by atoms with van der Waals surface area (Å²) >= 11 is 0. The largest absolute Gasteiger partial charge is 0.443 e. The van der Waals surface area contributed by atoms with Crippen LogP contribution in [0.2, 0.25) is 25.7 Å². The number of halogens is 1. The van der Waals surface area contributed by atoms with Crippen molar-refractivity contribution in [2.45, 2.75) is 77.7 Å². The summed E-state index contributed by atoms with van der Waals surface area (Å²) in [5.74, 6) is -0.374. The molecule has 0 saturated carbocycles. The lowest BCUT2D eigenvalue weighted by Crippen LogP contribution is -2.48. The normalized spacial score (nSPS) is 16.4. The number of fused-ring (bicyclic) bond motifs is 1. The summed E-state index contributed by atoms with van der Waals surface area (Å²) in [6.07, 6.45) is 3.11. The lowest BCUT2D eigenvalue weighted by molar-refractivity contribution is 0.0552. The number of rotatable bonds is 7. The van der Waals surface area contributed by atoms with Crippen LogP contribution in [0.3, 0.4) is 0 Å². The van der Waals surface area contributed by atoms with Crippen molar-refractivity contribution in [2.75, 3.05) is 31.6 Å². The monoisotopic (exact) mass is 477 g/mol. The Morgan fingerprint density at radius 2 is 1.88 bits per heavy atom. The van der Waals surface area contributed by atoms with Crippen molar-refractivity contribution < 1.29 is 18.7 Å². The lowest BCUT2D eigenvalue weighted by atomic mass is 10.0. The van der Waals surface area contributed by atoms with Gasteiger partial charge in [0.2, 0.25) is 0 Å². The predicted octanol–water partition coefficient (Wildman–Crippen LogP) is 5.93. The summed E-state index contributed by atoms with van der Waals surface area (Å²) in [7, 11) is 0.902. The number of carbonyl (C=O) groups is 1. The van der Waals surface area contributed by atoms with Gasteiger partial charge in [-0.05, 0) is 78.0 Å². The second kappa shape index (κ2) is 10.2. The van der Waals surface area contributed by atoms with Crippen molar-refractivity contribution in [2.24, 2.45) is 0 Å². The van der Waals surface area contributed by atoms with Gasteiger partial charge in [0.05, 0.1) is 11.2 Å². The minimum absolute atomic E-state index is 0.0441. The number of benzene rings is 1. The number of hydrogen-bond donors (Lipinski definition) is 0. The van der Waals surface area contributed by atoms with Crippen molar-refractivity contribution in [3.63, 3.8) is 0 Å². The molecule has 1 amide bonds. The molecule has 0 spiro atoms. The van der Waals surface area contributed by atoms with Crippen LogP contribution < -0.4 is 4.90 Å². The first-order valence-electron chi connectivity index (χ1n) is 11.9. The molecule has 1 saturated heterocycles. The molecule has 1 aromatic heterocycles. The molecule has 8 heteroatoms. The topological polar surface area (TPSA) is 46.9 Å². The number of aromatic nitrogens is 1. The van der Waals surface area contributed by atoms with Crippen LogP contribution in [0.15, 0.2) is 24.4 Å². The van der Waals surface area contributed by atoms with E-state index in [1.54, 1.807) is 4.90 Å². The molecule has 1 aromatic carbocycles. The Morgan fingerprint density at radius 1 is 1.21 bits per heavy atom. The van der Waals surface area contributed by atoms with Gasteiger partial charge in [0.15, 0.2) is 0 Å². The number of carbonyl (C=O) groups excluding carboxylic acids is 1. The fourth-order valence-electron chi connectivity index (χ4n) is 4.10. The Balaban J connectivity index is 1.93. The number of ether oxygens (including phenoxy) is 2. The highest BCUT2D eigenvalue weighted by Gasteiger charge is 2.33. The Morgan fingerprint density at radius 3 is 2.48 bits per heavy atom. The van der Waals surface area contributed by atoms with Gasteiger partial charge in [-0.2, -0.15) is 0 Å². The number of piperidine rings is 1. The van der Waals surface area contributed by atoms with Crippen LogP contribution in [-0.4, -0.2) is 62.0 Å². The average molecular weight is 478 g/mol. The standard InChI is InChI=1S/C25H40FN3O3Si/c1-25(2,3)32-24(30)29(20-8-11-27(4)12-9-20)23-17-19(26)16-22-21(23)10-13-28(22)18-31-14-15-33(5,6)7/h10,13,16-17,20H,8-9,11-12,14-15,18H2,1-7H3. The SMILES string of the molecule is CN1CCC(N(C(=O)OC(C)(C)C)c2cc(F)cc3c2ccn3COCC[Si](C)(C)C)CC1. The third-order valence-electron chi connectivity index (χ3n) is 5.96. The molecule has 0 unspecified atom stereocenters. The van der Waals surface area contributed by atoms with Crippen molar-refractivity contribution in [3.8, 4) is 0 Å². The highest BCUT2D eigenvalue weighted by Crippen LogP contribution is 2.34. The molecule has 6 nitrogen and oxygen atoms in total. The molecule has 3 rings (SSSR count). The maximum atomic E-state index is 14.9. The van der Waals surface area contributed by atoms with Crippen molar-refractivity contribution in [3.05, 3.63) is 30.2 Å². The van der Waals surface area contributed by atoms with Gasteiger partial charge in [0, 0.05) is 32.3 Å². The number of likely N-dealkylation sites (tertiary alicyclic amines) is 1. The summed E-state index contributed by atoms with van der Waals surface area (Å²) in [6.45, 7) is 15.3. The Hall–Kier alpha value is -1.90. The van der Waals surface area contributed by atoms with Crippen molar-refractivity contribution >= 4 is 30.8 Å². The first kappa shape index (κ1) is 25.7. The maximum Gasteiger partial charge on any atom is 0.415 e.